The van der Waals surface area contributed by atoms with E-state index >= 15 is 0 Å². The lowest BCUT2D eigenvalue weighted by molar-refractivity contribution is 0.291. The molecule has 0 spiro atoms. The fourth-order valence-corrected chi connectivity index (χ4v) is 1.30. The maximum atomic E-state index is 5.69. The van der Waals surface area contributed by atoms with Crippen LogP contribution in [0, 0.1) is 5.92 Å². The zero-order valence-electron chi connectivity index (χ0n) is 7.37. The third-order valence-corrected chi connectivity index (χ3v) is 2.40. The van der Waals surface area contributed by atoms with Gasteiger partial charge in [-0.25, -0.2) is 4.98 Å². The molecule has 0 bridgehead atoms. The van der Waals surface area contributed by atoms with Gasteiger partial charge in [0.05, 0.1) is 11.6 Å². The summed E-state index contributed by atoms with van der Waals surface area (Å²) in [5, 5.41) is 0.648. The predicted molar refractivity (Wildman–Crippen MR) is 52.1 cm³/mol. The van der Waals surface area contributed by atoms with Crippen molar-refractivity contribution in [1.29, 1.82) is 0 Å². The molecule has 3 heteroatoms. The van der Waals surface area contributed by atoms with Gasteiger partial charge < -0.3 is 4.74 Å². The monoisotopic (exact) mass is 197 g/mol. The average Bonchev–Trinajstić information content (AvgIpc) is 2.92. The Morgan fingerprint density at radius 2 is 2.31 bits per heavy atom. The molecule has 2 rings (SSSR count). The van der Waals surface area contributed by atoms with Gasteiger partial charge >= 0.3 is 0 Å². The number of ether oxygens (including phenoxy) is 1. The maximum absolute atomic E-state index is 5.69. The quantitative estimate of drug-likeness (QED) is 0.741. The fraction of sp³-hybridized carbons (Fsp3) is 0.500. The minimum absolute atomic E-state index is 0.648. The van der Waals surface area contributed by atoms with Gasteiger partial charge in [-0.15, -0.1) is 0 Å². The highest BCUT2D eigenvalue weighted by Crippen LogP contribution is 2.32. The summed E-state index contributed by atoms with van der Waals surface area (Å²) in [4.78, 5) is 4.04. The second-order valence-electron chi connectivity index (χ2n) is 3.40. The van der Waals surface area contributed by atoms with Crippen molar-refractivity contribution < 1.29 is 4.74 Å². The Morgan fingerprint density at radius 3 is 2.92 bits per heavy atom. The number of nitrogens with zero attached hydrogens (tertiary/aromatic N) is 1. The summed E-state index contributed by atoms with van der Waals surface area (Å²) in [5.74, 6) is 1.58. The van der Waals surface area contributed by atoms with Crippen LogP contribution in [-0.2, 0) is 0 Å². The normalized spacial score (nSPS) is 15.8. The van der Waals surface area contributed by atoms with Gasteiger partial charge in [-0.3, -0.25) is 0 Å². The molecule has 0 aromatic carbocycles. The van der Waals surface area contributed by atoms with E-state index < -0.39 is 0 Å². The Hall–Kier alpha value is -0.760. The van der Waals surface area contributed by atoms with Gasteiger partial charge in [0.15, 0.2) is 0 Å². The molecule has 0 N–H and O–H groups in total. The molecule has 1 aromatic rings. The molecular weight excluding hydrogens is 186 g/mol. The molecule has 1 saturated carbocycles. The number of halogens is 1. The summed E-state index contributed by atoms with van der Waals surface area (Å²) in [6, 6.07) is 3.59. The minimum Gasteiger partial charge on any atom is -0.478 e. The molecule has 0 atom stereocenters. The van der Waals surface area contributed by atoms with Gasteiger partial charge in [0.25, 0.3) is 0 Å². The van der Waals surface area contributed by atoms with Crippen molar-refractivity contribution in [2.75, 3.05) is 6.61 Å². The van der Waals surface area contributed by atoms with Gasteiger partial charge in [-0.1, -0.05) is 24.4 Å². The van der Waals surface area contributed by atoms with Crippen molar-refractivity contribution in [2.24, 2.45) is 5.92 Å². The summed E-state index contributed by atoms with van der Waals surface area (Å²) in [6.07, 6.45) is 5.51. The molecule has 1 aromatic heterocycles. The zero-order chi connectivity index (χ0) is 9.10. The second kappa shape index (κ2) is 3.97. The number of aromatic nitrogens is 1. The van der Waals surface area contributed by atoms with Crippen LogP contribution in [0.15, 0.2) is 18.3 Å². The van der Waals surface area contributed by atoms with E-state index in [1.807, 2.05) is 0 Å². The molecule has 1 heterocycles. The molecule has 1 fully saturated rings. The first-order valence-corrected chi connectivity index (χ1v) is 4.97. The Bertz CT molecular complexity index is 269. The summed E-state index contributed by atoms with van der Waals surface area (Å²) in [6.45, 7) is 0.777. The number of rotatable bonds is 4. The molecule has 0 aliphatic heterocycles. The molecule has 70 valence electrons. The first-order valence-electron chi connectivity index (χ1n) is 4.59. The molecule has 0 radical (unpaired) electrons. The summed E-state index contributed by atoms with van der Waals surface area (Å²) < 4.78 is 5.44. The largest absolute Gasteiger partial charge is 0.478 e. The van der Waals surface area contributed by atoms with Gasteiger partial charge in [0.1, 0.15) is 0 Å². The molecule has 1 aliphatic carbocycles. The summed E-state index contributed by atoms with van der Waals surface area (Å²) in [7, 11) is 0. The van der Waals surface area contributed by atoms with E-state index in [-0.39, 0.29) is 0 Å². The van der Waals surface area contributed by atoms with Crippen LogP contribution < -0.4 is 4.74 Å². The molecular formula is C10H12ClNO. The summed E-state index contributed by atoms with van der Waals surface area (Å²) in [5.41, 5.74) is 0. The minimum atomic E-state index is 0.648. The smallest absolute Gasteiger partial charge is 0.213 e. The summed E-state index contributed by atoms with van der Waals surface area (Å²) >= 11 is 5.69. The number of pyridine rings is 1. The van der Waals surface area contributed by atoms with Crippen LogP contribution in [0.5, 0.6) is 5.88 Å². The van der Waals surface area contributed by atoms with Crippen LogP contribution in [0.1, 0.15) is 19.3 Å². The van der Waals surface area contributed by atoms with E-state index in [2.05, 4.69) is 4.98 Å². The van der Waals surface area contributed by atoms with E-state index in [0.29, 0.717) is 10.9 Å². The first kappa shape index (κ1) is 8.82. The molecule has 0 saturated heterocycles. The lowest BCUT2D eigenvalue weighted by atomic mass is 10.3. The fourth-order valence-electron chi connectivity index (χ4n) is 1.18. The molecule has 0 unspecified atom stereocenters. The number of hydrogen-bond acceptors (Lipinski definition) is 2. The second-order valence-corrected chi connectivity index (χ2v) is 3.83. The van der Waals surface area contributed by atoms with Crippen LogP contribution in [0.25, 0.3) is 0 Å². The maximum Gasteiger partial charge on any atom is 0.213 e. The highest BCUT2D eigenvalue weighted by molar-refractivity contribution is 6.30. The molecule has 0 amide bonds. The van der Waals surface area contributed by atoms with Crippen molar-refractivity contribution >= 4 is 11.6 Å². The van der Waals surface area contributed by atoms with Crippen molar-refractivity contribution in [2.45, 2.75) is 19.3 Å². The Morgan fingerprint density at radius 1 is 1.46 bits per heavy atom. The van der Waals surface area contributed by atoms with Crippen LogP contribution >= 0.6 is 11.6 Å². The predicted octanol–water partition coefficient (Wildman–Crippen LogP) is 2.91. The van der Waals surface area contributed by atoms with E-state index in [1.54, 1.807) is 18.3 Å². The van der Waals surface area contributed by atoms with Gasteiger partial charge in [-0.05, 0) is 18.4 Å². The van der Waals surface area contributed by atoms with Gasteiger partial charge in [0, 0.05) is 12.3 Å². The molecule has 2 nitrogen and oxygen atoms in total. The highest BCUT2D eigenvalue weighted by Gasteiger charge is 2.20. The van der Waals surface area contributed by atoms with E-state index in [4.69, 9.17) is 16.3 Å². The zero-order valence-corrected chi connectivity index (χ0v) is 8.13. The van der Waals surface area contributed by atoms with Crippen molar-refractivity contribution in [3.8, 4) is 5.88 Å². The average molecular weight is 198 g/mol. The van der Waals surface area contributed by atoms with Gasteiger partial charge in [-0.2, -0.15) is 0 Å². The number of hydrogen-bond donors (Lipinski definition) is 0. The third-order valence-electron chi connectivity index (χ3n) is 2.17. The van der Waals surface area contributed by atoms with Crippen molar-refractivity contribution in [3.05, 3.63) is 23.4 Å². The van der Waals surface area contributed by atoms with Crippen LogP contribution in [0.4, 0.5) is 0 Å². The molecule has 1 aliphatic rings. The van der Waals surface area contributed by atoms with Crippen molar-refractivity contribution in [1.82, 2.24) is 4.98 Å². The van der Waals surface area contributed by atoms with Gasteiger partial charge in [0.2, 0.25) is 5.88 Å². The first-order chi connectivity index (χ1) is 6.34. The standard InChI is InChI=1S/C10H12ClNO/c11-9-3-4-10(12-7-9)13-6-5-8-1-2-8/h3-4,7-8H,1-2,5-6H2. The van der Waals surface area contributed by atoms with E-state index in [9.17, 15) is 0 Å². The Balaban J connectivity index is 1.76. The third kappa shape index (κ3) is 2.88. The van der Waals surface area contributed by atoms with E-state index in [1.165, 1.54) is 12.8 Å². The van der Waals surface area contributed by atoms with Crippen molar-refractivity contribution in [3.63, 3.8) is 0 Å². The van der Waals surface area contributed by atoms with Crippen LogP contribution in [-0.4, -0.2) is 11.6 Å². The van der Waals surface area contributed by atoms with Crippen LogP contribution in [0.2, 0.25) is 5.02 Å². The highest BCUT2D eigenvalue weighted by atomic mass is 35.5. The lowest BCUT2D eigenvalue weighted by Crippen LogP contribution is -1.99. The van der Waals surface area contributed by atoms with Crippen LogP contribution in [0.3, 0.4) is 0 Å². The Kier molecular flexibility index (Phi) is 2.69. The topological polar surface area (TPSA) is 22.1 Å². The Labute approximate surface area is 82.9 Å². The molecule has 13 heavy (non-hydrogen) atoms. The SMILES string of the molecule is Clc1ccc(OCCC2CC2)nc1. The lowest BCUT2D eigenvalue weighted by Gasteiger charge is -2.03. The van der Waals surface area contributed by atoms with E-state index in [0.717, 1.165) is 18.9 Å².